The number of pyridine rings is 1. The Balaban J connectivity index is 1.57. The number of rotatable bonds is 5. The van der Waals surface area contributed by atoms with Crippen LogP contribution in [0, 0.1) is 6.92 Å². The number of nitrogens with zero attached hydrogens (tertiary/aromatic N) is 4. The highest BCUT2D eigenvalue weighted by molar-refractivity contribution is 5.90. The minimum absolute atomic E-state index is 0.0749. The molecule has 0 bridgehead atoms. The summed E-state index contributed by atoms with van der Waals surface area (Å²) < 4.78 is 15.3. The summed E-state index contributed by atoms with van der Waals surface area (Å²) in [5.74, 6) is 0. The molecule has 4 rings (SSSR count). The Morgan fingerprint density at radius 2 is 1.87 bits per heavy atom. The molecule has 0 aliphatic carbocycles. The van der Waals surface area contributed by atoms with E-state index in [4.69, 9.17) is 0 Å². The number of carbonyl (C=O) groups excluding carboxylic acids is 1. The summed E-state index contributed by atoms with van der Waals surface area (Å²) in [5, 5.41) is 9.79. The number of carbonyl (C=O) groups is 1. The Hall–Kier alpha value is -3.81. The minimum Gasteiger partial charge on any atom is -0.335 e. The van der Waals surface area contributed by atoms with E-state index in [9.17, 15) is 9.18 Å². The first-order valence-corrected chi connectivity index (χ1v) is 9.89. The average Bonchev–Trinajstić information content (AvgIpc) is 3.16. The molecule has 4 aromatic rings. The summed E-state index contributed by atoms with van der Waals surface area (Å²) in [6, 6.07) is 12.8. The summed E-state index contributed by atoms with van der Waals surface area (Å²) in [5.41, 5.74) is 4.30. The fourth-order valence-electron chi connectivity index (χ4n) is 3.09. The smallest absolute Gasteiger partial charge is 0.319 e. The molecule has 0 fully saturated rings. The predicted molar refractivity (Wildman–Crippen MR) is 119 cm³/mol. The Kier molecular flexibility index (Phi) is 5.37. The van der Waals surface area contributed by atoms with Crippen molar-refractivity contribution in [1.29, 1.82) is 0 Å². The maximum atomic E-state index is 13.6. The molecule has 7 nitrogen and oxygen atoms in total. The van der Waals surface area contributed by atoms with E-state index in [-0.39, 0.29) is 6.54 Å². The Bertz CT molecular complexity index is 1230. The van der Waals surface area contributed by atoms with Crippen molar-refractivity contribution in [3.8, 4) is 22.4 Å². The predicted octanol–water partition coefficient (Wildman–Crippen LogP) is 4.64. The highest BCUT2D eigenvalue weighted by atomic mass is 19.1. The van der Waals surface area contributed by atoms with Crippen LogP contribution in [0.1, 0.15) is 19.5 Å². The number of aryl methyl sites for hydroxylation is 1. The number of amides is 2. The number of hydrogen-bond acceptors (Lipinski definition) is 4. The van der Waals surface area contributed by atoms with Crippen molar-refractivity contribution in [2.45, 2.75) is 26.4 Å². The molecule has 0 atom stereocenters. The molecule has 0 aliphatic rings. The Morgan fingerprint density at radius 3 is 2.61 bits per heavy atom. The van der Waals surface area contributed by atoms with Crippen LogP contribution in [0.15, 0.2) is 61.1 Å². The van der Waals surface area contributed by atoms with Crippen molar-refractivity contribution in [2.24, 2.45) is 0 Å². The number of aromatic nitrogens is 4. The van der Waals surface area contributed by atoms with Gasteiger partial charge in [-0.15, -0.1) is 0 Å². The van der Waals surface area contributed by atoms with E-state index in [1.54, 1.807) is 23.0 Å². The fourth-order valence-corrected chi connectivity index (χ4v) is 3.09. The van der Waals surface area contributed by atoms with E-state index in [2.05, 4.69) is 25.7 Å². The lowest BCUT2D eigenvalue weighted by Gasteiger charge is -2.15. The van der Waals surface area contributed by atoms with Gasteiger partial charge >= 0.3 is 6.03 Å². The second-order valence-corrected chi connectivity index (χ2v) is 7.95. The number of alkyl halides is 1. The molecular formula is C23H23FN6O. The molecule has 0 saturated heterocycles. The molecule has 3 aromatic heterocycles. The summed E-state index contributed by atoms with van der Waals surface area (Å²) in [6.45, 7) is 4.69. The van der Waals surface area contributed by atoms with Crippen molar-refractivity contribution in [3.63, 3.8) is 0 Å². The van der Waals surface area contributed by atoms with Crippen LogP contribution >= 0.6 is 0 Å². The number of nitrogens with one attached hydrogen (secondary N) is 2. The van der Waals surface area contributed by atoms with E-state index in [0.29, 0.717) is 11.3 Å². The van der Waals surface area contributed by atoms with Gasteiger partial charge in [0.1, 0.15) is 5.67 Å². The number of anilines is 1. The van der Waals surface area contributed by atoms with E-state index < -0.39 is 11.7 Å². The van der Waals surface area contributed by atoms with Gasteiger partial charge in [0.25, 0.3) is 0 Å². The van der Waals surface area contributed by atoms with Gasteiger partial charge in [0.2, 0.25) is 0 Å². The van der Waals surface area contributed by atoms with E-state index in [0.717, 1.165) is 28.1 Å². The Labute approximate surface area is 179 Å². The first kappa shape index (κ1) is 20.5. The van der Waals surface area contributed by atoms with Gasteiger partial charge in [0.05, 0.1) is 24.6 Å². The van der Waals surface area contributed by atoms with Crippen LogP contribution in [-0.2, 0) is 0 Å². The first-order valence-electron chi connectivity index (χ1n) is 9.89. The highest BCUT2D eigenvalue weighted by Crippen LogP contribution is 2.25. The fraction of sp³-hybridized carbons (Fsp3) is 0.217. The van der Waals surface area contributed by atoms with Crippen LogP contribution in [0.5, 0.6) is 0 Å². The molecule has 2 N–H and O–H groups in total. The first-order chi connectivity index (χ1) is 14.8. The Morgan fingerprint density at radius 1 is 1.03 bits per heavy atom. The van der Waals surface area contributed by atoms with Crippen LogP contribution in [0.3, 0.4) is 0 Å². The van der Waals surface area contributed by atoms with Crippen LogP contribution < -0.4 is 10.6 Å². The number of urea groups is 1. The lowest BCUT2D eigenvalue weighted by atomic mass is 10.1. The maximum absolute atomic E-state index is 13.6. The molecule has 0 saturated carbocycles. The molecule has 31 heavy (non-hydrogen) atoms. The summed E-state index contributed by atoms with van der Waals surface area (Å²) in [4.78, 5) is 20.9. The number of hydrogen-bond donors (Lipinski definition) is 2. The zero-order valence-corrected chi connectivity index (χ0v) is 17.6. The normalized spacial score (nSPS) is 11.5. The van der Waals surface area contributed by atoms with Crippen molar-refractivity contribution in [3.05, 3.63) is 66.7 Å². The summed E-state index contributed by atoms with van der Waals surface area (Å²) in [7, 11) is 0. The number of fused-ring (bicyclic) bond motifs is 1. The summed E-state index contributed by atoms with van der Waals surface area (Å²) >= 11 is 0. The maximum Gasteiger partial charge on any atom is 0.319 e. The van der Waals surface area contributed by atoms with Gasteiger partial charge in [-0.1, -0.05) is 18.2 Å². The second-order valence-electron chi connectivity index (χ2n) is 7.95. The van der Waals surface area contributed by atoms with Crippen LogP contribution in [0.2, 0.25) is 0 Å². The van der Waals surface area contributed by atoms with E-state index in [1.165, 1.54) is 13.8 Å². The molecular weight excluding hydrogens is 395 g/mol. The third-order valence-electron chi connectivity index (χ3n) is 4.69. The SMILES string of the molecule is Cc1ccc(-c2cnn3c(-c4cccc(NC(=O)NCC(C)(C)F)c4)cnc3c2)cn1. The molecule has 158 valence electrons. The van der Waals surface area contributed by atoms with Gasteiger partial charge < -0.3 is 10.6 Å². The van der Waals surface area contributed by atoms with Crippen molar-refractivity contribution in [2.75, 3.05) is 11.9 Å². The molecule has 2 amide bonds. The van der Waals surface area contributed by atoms with E-state index in [1.807, 2.05) is 49.5 Å². The third-order valence-corrected chi connectivity index (χ3v) is 4.69. The standard InChI is InChI=1S/C23H23FN6O/c1-15-7-8-17(11-25-15)18-10-21-26-13-20(30(21)28-12-18)16-5-4-6-19(9-16)29-22(31)27-14-23(2,3)24/h4-13H,14H2,1-3H3,(H2,27,29,31). The minimum atomic E-state index is -1.48. The van der Waals surface area contributed by atoms with Crippen molar-refractivity contribution < 1.29 is 9.18 Å². The lowest BCUT2D eigenvalue weighted by molar-refractivity contribution is 0.205. The van der Waals surface area contributed by atoms with E-state index >= 15 is 0 Å². The second kappa shape index (κ2) is 8.14. The highest BCUT2D eigenvalue weighted by Gasteiger charge is 2.16. The lowest BCUT2D eigenvalue weighted by Crippen LogP contribution is -2.37. The van der Waals surface area contributed by atoms with Gasteiger partial charge in [0.15, 0.2) is 5.65 Å². The molecule has 0 aliphatic heterocycles. The topological polar surface area (TPSA) is 84.2 Å². The largest absolute Gasteiger partial charge is 0.335 e. The monoisotopic (exact) mass is 418 g/mol. The van der Waals surface area contributed by atoms with Gasteiger partial charge in [0, 0.05) is 34.3 Å². The molecule has 1 aromatic carbocycles. The summed E-state index contributed by atoms with van der Waals surface area (Å²) in [6.07, 6.45) is 5.33. The van der Waals surface area contributed by atoms with Gasteiger partial charge in [-0.2, -0.15) is 5.10 Å². The number of halogens is 1. The van der Waals surface area contributed by atoms with Crippen molar-refractivity contribution >= 4 is 17.4 Å². The third kappa shape index (κ3) is 4.85. The van der Waals surface area contributed by atoms with Gasteiger partial charge in [-0.25, -0.2) is 18.7 Å². The average molecular weight is 418 g/mol. The quantitative estimate of drug-likeness (QED) is 0.495. The van der Waals surface area contributed by atoms with Crippen LogP contribution in [0.25, 0.3) is 28.0 Å². The molecule has 0 radical (unpaired) electrons. The zero-order valence-electron chi connectivity index (χ0n) is 17.6. The number of imidazole rings is 1. The van der Waals surface area contributed by atoms with Gasteiger partial charge in [-0.3, -0.25) is 4.98 Å². The van der Waals surface area contributed by atoms with Crippen molar-refractivity contribution in [1.82, 2.24) is 24.9 Å². The van der Waals surface area contributed by atoms with Crippen LogP contribution in [-0.4, -0.2) is 37.8 Å². The molecule has 8 heteroatoms. The zero-order chi connectivity index (χ0) is 22.0. The number of benzene rings is 1. The van der Waals surface area contributed by atoms with Crippen LogP contribution in [0.4, 0.5) is 14.9 Å². The molecule has 0 unspecified atom stereocenters. The molecule has 3 heterocycles. The molecule has 0 spiro atoms. The van der Waals surface area contributed by atoms with Gasteiger partial charge in [-0.05, 0) is 45.0 Å².